The van der Waals surface area contributed by atoms with Gasteiger partial charge in [-0.2, -0.15) is 0 Å². The summed E-state index contributed by atoms with van der Waals surface area (Å²) < 4.78 is 19.3. The smallest absolute Gasteiger partial charge is 0.414 e. The Morgan fingerprint density at radius 3 is 2.46 bits per heavy atom. The van der Waals surface area contributed by atoms with Crippen LogP contribution in [0.3, 0.4) is 0 Å². The van der Waals surface area contributed by atoms with Gasteiger partial charge in [0.25, 0.3) is 0 Å². The van der Waals surface area contributed by atoms with E-state index in [-0.39, 0.29) is 24.9 Å². The predicted octanol–water partition coefficient (Wildman–Crippen LogP) is 4.19. The number of aliphatic hydroxyl groups is 1. The number of carbonyl (C=O) groups excluding carboxylic acids is 1. The maximum absolute atomic E-state index is 11.9. The minimum Gasteiger partial charge on any atom is -0.497 e. The van der Waals surface area contributed by atoms with Gasteiger partial charge in [-0.15, -0.1) is 5.10 Å². The van der Waals surface area contributed by atoms with Crippen LogP contribution in [0.5, 0.6) is 5.75 Å². The van der Waals surface area contributed by atoms with Gasteiger partial charge in [0.05, 0.1) is 39.6 Å². The van der Waals surface area contributed by atoms with Crippen LogP contribution in [-0.4, -0.2) is 73.3 Å². The molecule has 0 spiro atoms. The van der Waals surface area contributed by atoms with E-state index in [1.165, 1.54) is 10.8 Å². The van der Waals surface area contributed by atoms with E-state index in [0.717, 1.165) is 42.9 Å². The number of carbonyl (C=O) groups is 1. The fourth-order valence-corrected chi connectivity index (χ4v) is 10.7. The van der Waals surface area contributed by atoms with Crippen LogP contribution in [0.15, 0.2) is 54.7 Å². The SMILES string of the molecule is COc1ccc([Si](C)(C)[C@@H]2[C@@H](C)[C@@H](CCc3ccc(N4CCOC4=O)cc3)O[C@H]2CCn2cc(CCO)nn2)cc1. The monoisotopic (exact) mass is 578 g/mol. The number of methoxy groups -OCH3 is 1. The van der Waals surface area contributed by atoms with Crippen molar-refractivity contribution in [3.63, 3.8) is 0 Å². The highest BCUT2D eigenvalue weighted by atomic mass is 28.3. The van der Waals surface area contributed by atoms with Crippen molar-refractivity contribution >= 4 is 25.0 Å². The van der Waals surface area contributed by atoms with E-state index in [4.69, 9.17) is 14.2 Å². The molecular weight excluding hydrogens is 536 g/mol. The van der Waals surface area contributed by atoms with Gasteiger partial charge in [0.15, 0.2) is 0 Å². The lowest BCUT2D eigenvalue weighted by Crippen LogP contribution is -2.50. The van der Waals surface area contributed by atoms with Crippen LogP contribution in [-0.2, 0) is 28.9 Å². The number of aryl methyl sites for hydroxylation is 2. The molecule has 9 nitrogen and oxygen atoms in total. The first-order chi connectivity index (χ1) is 19.8. The fraction of sp³-hybridized carbons (Fsp3) is 0.516. The van der Waals surface area contributed by atoms with E-state index in [0.29, 0.717) is 31.0 Å². The van der Waals surface area contributed by atoms with Crippen molar-refractivity contribution in [2.45, 2.75) is 70.0 Å². The second kappa shape index (κ2) is 12.8. The molecular formula is C31H42N4O5Si. The molecule has 2 aliphatic rings. The highest BCUT2D eigenvalue weighted by Gasteiger charge is 2.50. The highest BCUT2D eigenvalue weighted by Crippen LogP contribution is 2.46. The third-order valence-electron chi connectivity index (χ3n) is 8.89. The van der Waals surface area contributed by atoms with Gasteiger partial charge in [-0.05, 0) is 60.6 Å². The molecule has 3 heterocycles. The molecule has 1 aromatic heterocycles. The van der Waals surface area contributed by atoms with Crippen LogP contribution in [0.2, 0.25) is 18.6 Å². The summed E-state index contributed by atoms with van der Waals surface area (Å²) in [4.78, 5) is 13.6. The number of aromatic nitrogens is 3. The average Bonchev–Trinajstić information content (AvgIpc) is 3.70. The third-order valence-corrected chi connectivity index (χ3v) is 13.3. The van der Waals surface area contributed by atoms with E-state index in [1.807, 2.05) is 23.0 Å². The minimum atomic E-state index is -1.94. The van der Waals surface area contributed by atoms with E-state index in [2.05, 4.69) is 66.7 Å². The second-order valence-corrected chi connectivity index (χ2v) is 16.4. The number of aliphatic hydroxyl groups excluding tert-OH is 1. The van der Waals surface area contributed by atoms with Crippen LogP contribution in [0, 0.1) is 5.92 Å². The molecule has 220 valence electrons. The molecule has 2 aliphatic heterocycles. The number of hydrogen-bond acceptors (Lipinski definition) is 7. The van der Waals surface area contributed by atoms with Crippen molar-refractivity contribution < 1.29 is 24.1 Å². The Morgan fingerprint density at radius 1 is 1.05 bits per heavy atom. The van der Waals surface area contributed by atoms with Crippen LogP contribution >= 0.6 is 0 Å². The summed E-state index contributed by atoms with van der Waals surface area (Å²) in [6.07, 6.45) is 5.16. The lowest BCUT2D eigenvalue weighted by molar-refractivity contribution is 0.0250. The Kier molecular flexibility index (Phi) is 9.11. The average molecular weight is 579 g/mol. The maximum Gasteiger partial charge on any atom is 0.414 e. The Morgan fingerprint density at radius 2 is 1.80 bits per heavy atom. The summed E-state index contributed by atoms with van der Waals surface area (Å²) in [7, 11) is -0.238. The molecule has 0 unspecified atom stereocenters. The first-order valence-corrected chi connectivity index (χ1v) is 17.7. The van der Waals surface area contributed by atoms with Gasteiger partial charge in [0.2, 0.25) is 0 Å². The summed E-state index contributed by atoms with van der Waals surface area (Å²) in [6.45, 7) is 9.13. The van der Waals surface area contributed by atoms with Crippen LogP contribution in [0.25, 0.3) is 0 Å². The molecule has 1 amide bonds. The number of hydrogen-bond donors (Lipinski definition) is 1. The van der Waals surface area contributed by atoms with Crippen molar-refractivity contribution in [3.8, 4) is 5.75 Å². The molecule has 5 rings (SSSR count). The largest absolute Gasteiger partial charge is 0.497 e. The number of nitrogens with zero attached hydrogens (tertiary/aromatic N) is 4. The quantitative estimate of drug-likeness (QED) is 0.322. The predicted molar refractivity (Wildman–Crippen MR) is 161 cm³/mol. The van der Waals surface area contributed by atoms with E-state index >= 15 is 0 Å². The van der Waals surface area contributed by atoms with E-state index < -0.39 is 8.07 Å². The molecule has 41 heavy (non-hydrogen) atoms. The summed E-state index contributed by atoms with van der Waals surface area (Å²) in [5.74, 6) is 1.28. The van der Waals surface area contributed by atoms with Gasteiger partial charge in [-0.1, -0.05) is 54.7 Å². The van der Waals surface area contributed by atoms with Gasteiger partial charge < -0.3 is 19.3 Å². The zero-order valence-corrected chi connectivity index (χ0v) is 25.5. The van der Waals surface area contributed by atoms with Gasteiger partial charge in [-0.25, -0.2) is 4.79 Å². The zero-order chi connectivity index (χ0) is 29.0. The van der Waals surface area contributed by atoms with Crippen molar-refractivity contribution in [2.24, 2.45) is 5.92 Å². The molecule has 3 aromatic rings. The number of amides is 1. The van der Waals surface area contributed by atoms with Gasteiger partial charge in [0.1, 0.15) is 12.4 Å². The molecule has 4 atom stereocenters. The number of ether oxygens (including phenoxy) is 3. The van der Waals surface area contributed by atoms with Crippen LogP contribution in [0.4, 0.5) is 10.5 Å². The van der Waals surface area contributed by atoms with Crippen molar-refractivity contribution in [3.05, 3.63) is 66.0 Å². The molecule has 0 aliphatic carbocycles. The minimum absolute atomic E-state index is 0.0703. The van der Waals surface area contributed by atoms with E-state index in [1.54, 1.807) is 12.0 Å². The van der Waals surface area contributed by atoms with Crippen LogP contribution in [0.1, 0.15) is 31.0 Å². The van der Waals surface area contributed by atoms with Crippen LogP contribution < -0.4 is 14.8 Å². The lowest BCUT2D eigenvalue weighted by Gasteiger charge is -2.36. The molecule has 0 bridgehead atoms. The number of benzene rings is 2. The van der Waals surface area contributed by atoms with Crippen molar-refractivity contribution in [1.82, 2.24) is 15.0 Å². The Balaban J connectivity index is 1.30. The van der Waals surface area contributed by atoms with E-state index in [9.17, 15) is 9.90 Å². The molecule has 0 saturated carbocycles. The summed E-state index contributed by atoms with van der Waals surface area (Å²) in [5, 5.41) is 19.1. The summed E-state index contributed by atoms with van der Waals surface area (Å²) in [5.41, 5.74) is 3.36. The molecule has 2 saturated heterocycles. The zero-order valence-electron chi connectivity index (χ0n) is 24.5. The second-order valence-electron chi connectivity index (χ2n) is 11.8. The molecule has 0 radical (unpaired) electrons. The van der Waals surface area contributed by atoms with Gasteiger partial charge >= 0.3 is 6.09 Å². The molecule has 2 aromatic carbocycles. The van der Waals surface area contributed by atoms with Gasteiger partial charge in [0, 0.05) is 31.5 Å². The van der Waals surface area contributed by atoms with Crippen molar-refractivity contribution in [1.29, 1.82) is 0 Å². The number of anilines is 1. The maximum atomic E-state index is 11.9. The van der Waals surface area contributed by atoms with Crippen molar-refractivity contribution in [2.75, 3.05) is 31.8 Å². The number of rotatable bonds is 12. The molecule has 1 N–H and O–H groups in total. The first-order valence-electron chi connectivity index (χ1n) is 14.6. The lowest BCUT2D eigenvalue weighted by atomic mass is 9.95. The van der Waals surface area contributed by atoms with Gasteiger partial charge in [-0.3, -0.25) is 9.58 Å². The topological polar surface area (TPSA) is 98.9 Å². The highest BCUT2D eigenvalue weighted by molar-refractivity contribution is 6.91. The normalized spacial score (nSPS) is 22.8. The molecule has 2 fully saturated rings. The number of cyclic esters (lactones) is 1. The molecule has 10 heteroatoms. The fourth-order valence-electron chi connectivity index (χ4n) is 6.63. The Hall–Kier alpha value is -3.21. The first kappa shape index (κ1) is 29.3. The third kappa shape index (κ3) is 6.50. The Labute approximate surface area is 243 Å². The summed E-state index contributed by atoms with van der Waals surface area (Å²) >= 11 is 0. The Bertz CT molecular complexity index is 1300. The standard InChI is InChI=1S/C31H42N4O5Si/c1-22-28(14-7-23-5-8-25(9-6-23)35-18-20-39-31(35)37)40-29(15-17-34-21-24(16-19-36)32-33-34)30(22)41(3,4)27-12-10-26(38-2)11-13-27/h5-6,8-13,21-22,28-30,36H,7,14-20H2,1-4H3/t22-,28+,29-,30+/m0/s1. The summed E-state index contributed by atoms with van der Waals surface area (Å²) in [6, 6.07) is 16.9.